The first kappa shape index (κ1) is 20.0. The average molecular weight is 402 g/mol. The maximum absolute atomic E-state index is 11.2. The molecule has 30 heavy (non-hydrogen) atoms. The van der Waals surface area contributed by atoms with E-state index in [4.69, 9.17) is 14.5 Å². The second-order valence-corrected chi connectivity index (χ2v) is 7.51. The van der Waals surface area contributed by atoms with E-state index < -0.39 is 6.10 Å². The molecule has 1 unspecified atom stereocenters. The smallest absolute Gasteiger partial charge is 0.161 e. The van der Waals surface area contributed by atoms with Crippen LogP contribution in [0, 0.1) is 0 Å². The Balaban J connectivity index is 1.64. The van der Waals surface area contributed by atoms with E-state index in [1.807, 2.05) is 72.8 Å². The molecule has 154 valence electrons. The van der Waals surface area contributed by atoms with E-state index in [1.165, 1.54) is 0 Å². The molecule has 1 N–H and O–H groups in total. The van der Waals surface area contributed by atoms with Crippen molar-refractivity contribution < 1.29 is 14.6 Å². The van der Waals surface area contributed by atoms with E-state index in [0.29, 0.717) is 29.5 Å². The Morgan fingerprint density at radius 2 is 1.67 bits per heavy atom. The fourth-order valence-electron chi connectivity index (χ4n) is 3.66. The van der Waals surface area contributed by atoms with Gasteiger partial charge in [0.1, 0.15) is 18.5 Å². The second-order valence-electron chi connectivity index (χ2n) is 7.51. The van der Waals surface area contributed by atoms with E-state index in [9.17, 15) is 5.11 Å². The van der Waals surface area contributed by atoms with Gasteiger partial charge in [-0.1, -0.05) is 48.5 Å². The molecule has 3 aromatic carbocycles. The Bertz CT molecular complexity index is 1140. The summed E-state index contributed by atoms with van der Waals surface area (Å²) in [5.74, 6) is 1.83. The van der Waals surface area contributed by atoms with Crippen LogP contribution >= 0.6 is 0 Å². The first-order valence-electron chi connectivity index (χ1n) is 10.1. The molecule has 0 amide bonds. The van der Waals surface area contributed by atoms with Crippen LogP contribution in [0.25, 0.3) is 11.0 Å². The third-order valence-corrected chi connectivity index (χ3v) is 5.12. The van der Waals surface area contributed by atoms with Crippen LogP contribution in [-0.4, -0.2) is 21.8 Å². The lowest BCUT2D eigenvalue weighted by molar-refractivity contribution is 0.202. The highest BCUT2D eigenvalue weighted by Crippen LogP contribution is 2.34. The molecule has 1 atom stereocenters. The molecular weight excluding hydrogens is 376 g/mol. The normalized spacial score (nSPS) is 12.3. The molecule has 1 heterocycles. The largest absolute Gasteiger partial charge is 0.493 e. The van der Waals surface area contributed by atoms with Gasteiger partial charge in [0.25, 0.3) is 0 Å². The minimum Gasteiger partial charge on any atom is -0.493 e. The van der Waals surface area contributed by atoms with Crippen molar-refractivity contribution in [3.8, 4) is 11.5 Å². The number of aromatic nitrogens is 2. The lowest BCUT2D eigenvalue weighted by atomic mass is 10.1. The van der Waals surface area contributed by atoms with Crippen molar-refractivity contribution in [2.24, 2.45) is 0 Å². The first-order valence-corrected chi connectivity index (χ1v) is 10.1. The molecular formula is C25H26N2O3. The van der Waals surface area contributed by atoms with Gasteiger partial charge >= 0.3 is 0 Å². The number of fused-ring (bicyclic) bond motifs is 1. The number of nitrogens with zero attached hydrogens (tertiary/aromatic N) is 2. The Kier molecular flexibility index (Phi) is 5.72. The second kappa shape index (κ2) is 8.59. The predicted molar refractivity (Wildman–Crippen MR) is 118 cm³/mol. The lowest BCUT2D eigenvalue weighted by Crippen LogP contribution is -2.12. The Morgan fingerprint density at radius 1 is 0.933 bits per heavy atom. The summed E-state index contributed by atoms with van der Waals surface area (Å²) >= 11 is 0. The van der Waals surface area contributed by atoms with E-state index in [1.54, 1.807) is 7.11 Å². The van der Waals surface area contributed by atoms with Crippen LogP contribution in [0.5, 0.6) is 11.5 Å². The number of benzene rings is 3. The summed E-state index contributed by atoms with van der Waals surface area (Å²) in [4.78, 5) is 4.71. The number of rotatable bonds is 7. The molecule has 4 aromatic rings. The third kappa shape index (κ3) is 3.89. The summed E-state index contributed by atoms with van der Waals surface area (Å²) in [7, 11) is 1.60. The van der Waals surface area contributed by atoms with E-state index in [2.05, 4.69) is 18.4 Å². The number of aliphatic hydroxyl groups is 1. The fourth-order valence-corrected chi connectivity index (χ4v) is 3.66. The summed E-state index contributed by atoms with van der Waals surface area (Å²) in [5, 5.41) is 11.2. The summed E-state index contributed by atoms with van der Waals surface area (Å²) < 4.78 is 13.5. The molecule has 5 heteroatoms. The zero-order chi connectivity index (χ0) is 21.1. The van der Waals surface area contributed by atoms with Crippen molar-refractivity contribution in [1.82, 2.24) is 9.55 Å². The lowest BCUT2D eigenvalue weighted by Gasteiger charge is -2.18. The van der Waals surface area contributed by atoms with Crippen molar-refractivity contribution >= 4 is 11.0 Å². The van der Waals surface area contributed by atoms with Crippen LogP contribution in [0.1, 0.15) is 42.9 Å². The van der Waals surface area contributed by atoms with E-state index >= 15 is 0 Å². The van der Waals surface area contributed by atoms with E-state index in [0.717, 1.165) is 16.6 Å². The average Bonchev–Trinajstić information content (AvgIpc) is 3.17. The monoisotopic (exact) mass is 402 g/mol. The van der Waals surface area contributed by atoms with Crippen LogP contribution < -0.4 is 9.47 Å². The van der Waals surface area contributed by atoms with Crippen molar-refractivity contribution in [3.05, 3.63) is 89.7 Å². The van der Waals surface area contributed by atoms with Crippen molar-refractivity contribution in [2.75, 3.05) is 7.11 Å². The quantitative estimate of drug-likeness (QED) is 0.457. The van der Waals surface area contributed by atoms with Gasteiger partial charge in [-0.15, -0.1) is 0 Å². The van der Waals surface area contributed by atoms with Crippen LogP contribution in [0.3, 0.4) is 0 Å². The van der Waals surface area contributed by atoms with E-state index in [-0.39, 0.29) is 6.04 Å². The molecule has 0 bridgehead atoms. The number of imidazole rings is 1. The summed E-state index contributed by atoms with van der Waals surface area (Å²) in [6, 6.07) is 23.6. The van der Waals surface area contributed by atoms with Crippen molar-refractivity contribution in [2.45, 2.75) is 32.6 Å². The third-order valence-electron chi connectivity index (χ3n) is 5.12. The standard InChI is InChI=1S/C25H26N2O3/c1-17(2)27-21-12-8-7-11-20(21)26-25(27)24(28)19-13-14-22(23(15-19)29-3)30-16-18-9-5-4-6-10-18/h4-15,17,24,28H,16H2,1-3H3. The Labute approximate surface area is 176 Å². The predicted octanol–water partition coefficient (Wildman–Crippen LogP) is 5.29. The molecule has 0 spiro atoms. The Morgan fingerprint density at radius 3 is 2.40 bits per heavy atom. The molecule has 0 aliphatic rings. The molecule has 5 nitrogen and oxygen atoms in total. The van der Waals surface area contributed by atoms with Crippen LogP contribution in [0.15, 0.2) is 72.8 Å². The highest BCUT2D eigenvalue weighted by molar-refractivity contribution is 5.76. The fraction of sp³-hybridized carbons (Fsp3) is 0.240. The molecule has 0 saturated carbocycles. The zero-order valence-corrected chi connectivity index (χ0v) is 17.4. The van der Waals surface area contributed by atoms with Crippen LogP contribution in [0.2, 0.25) is 0 Å². The highest BCUT2D eigenvalue weighted by atomic mass is 16.5. The van der Waals surface area contributed by atoms with Gasteiger partial charge in [0.2, 0.25) is 0 Å². The number of aliphatic hydroxyl groups excluding tert-OH is 1. The summed E-state index contributed by atoms with van der Waals surface area (Å²) in [6.45, 7) is 4.62. The first-order chi connectivity index (χ1) is 14.6. The molecule has 0 radical (unpaired) electrons. The molecule has 1 aromatic heterocycles. The van der Waals surface area contributed by atoms with Crippen molar-refractivity contribution in [3.63, 3.8) is 0 Å². The molecule has 0 aliphatic carbocycles. The molecule has 0 aliphatic heterocycles. The number of methoxy groups -OCH3 is 1. The molecule has 4 rings (SSSR count). The number of hydrogen-bond acceptors (Lipinski definition) is 4. The van der Waals surface area contributed by atoms with Crippen LogP contribution in [0.4, 0.5) is 0 Å². The van der Waals surface area contributed by atoms with Crippen LogP contribution in [-0.2, 0) is 6.61 Å². The maximum atomic E-state index is 11.2. The van der Waals surface area contributed by atoms with Gasteiger partial charge in [-0.25, -0.2) is 4.98 Å². The maximum Gasteiger partial charge on any atom is 0.161 e. The van der Waals surface area contributed by atoms with Crippen molar-refractivity contribution in [1.29, 1.82) is 0 Å². The minimum absolute atomic E-state index is 0.164. The summed E-state index contributed by atoms with van der Waals surface area (Å²) in [5.41, 5.74) is 3.66. The Hall–Kier alpha value is -3.31. The van der Waals surface area contributed by atoms with Gasteiger partial charge in [0.15, 0.2) is 11.5 Å². The number of para-hydroxylation sites is 2. The number of hydrogen-bond donors (Lipinski definition) is 1. The van der Waals surface area contributed by atoms with Gasteiger partial charge in [0.05, 0.1) is 18.1 Å². The minimum atomic E-state index is -0.878. The van der Waals surface area contributed by atoms with Gasteiger partial charge in [-0.3, -0.25) is 0 Å². The van der Waals surface area contributed by atoms with Gasteiger partial charge < -0.3 is 19.1 Å². The molecule has 0 saturated heterocycles. The van der Waals surface area contributed by atoms with Gasteiger partial charge in [-0.05, 0) is 49.2 Å². The van der Waals surface area contributed by atoms with Gasteiger partial charge in [-0.2, -0.15) is 0 Å². The highest BCUT2D eigenvalue weighted by Gasteiger charge is 2.22. The number of ether oxygens (including phenoxy) is 2. The van der Waals surface area contributed by atoms with Gasteiger partial charge in [0, 0.05) is 6.04 Å². The molecule has 0 fully saturated rings. The topological polar surface area (TPSA) is 56.5 Å². The zero-order valence-electron chi connectivity index (χ0n) is 17.4. The SMILES string of the molecule is COc1cc(C(O)c2nc3ccccc3n2C(C)C)ccc1OCc1ccccc1. The summed E-state index contributed by atoms with van der Waals surface area (Å²) in [6.07, 6.45) is -0.878.